The maximum Gasteiger partial charge on any atom is 0.256 e. The molecule has 0 bridgehead atoms. The maximum atomic E-state index is 13.4. The summed E-state index contributed by atoms with van der Waals surface area (Å²) in [6.07, 6.45) is 1.49. The molecule has 1 heterocycles. The molecule has 20 heavy (non-hydrogen) atoms. The predicted molar refractivity (Wildman–Crippen MR) is 75.4 cm³/mol. The number of rotatable bonds is 3. The molecule has 0 fully saturated rings. The highest BCUT2D eigenvalue weighted by molar-refractivity contribution is 6.09. The van der Waals surface area contributed by atoms with E-state index in [1.54, 1.807) is 4.90 Å². The summed E-state index contributed by atoms with van der Waals surface area (Å²) in [7, 11) is 0. The molecule has 0 aliphatic heterocycles. The quantitative estimate of drug-likeness (QED) is 0.865. The van der Waals surface area contributed by atoms with Gasteiger partial charge in [0.1, 0.15) is 5.82 Å². The zero-order valence-electron chi connectivity index (χ0n) is 11.8. The highest BCUT2D eigenvalue weighted by Gasteiger charge is 2.20. The molecule has 0 N–H and O–H groups in total. The first kappa shape index (κ1) is 14.2. The lowest BCUT2D eigenvalue weighted by molar-refractivity contribution is 0.0775. The fourth-order valence-electron chi connectivity index (χ4n) is 2.31. The summed E-state index contributed by atoms with van der Waals surface area (Å²) in [6.45, 7) is 6.31. The van der Waals surface area contributed by atoms with E-state index in [1.807, 2.05) is 13.8 Å². The lowest BCUT2D eigenvalue weighted by Crippen LogP contribution is -2.30. The molecule has 2 rings (SSSR count). The lowest BCUT2D eigenvalue weighted by atomic mass is 10.1. The summed E-state index contributed by atoms with van der Waals surface area (Å²) in [6, 6.07) is 4.10. The zero-order chi connectivity index (χ0) is 14.9. The Labute approximate surface area is 116 Å². The van der Waals surface area contributed by atoms with Gasteiger partial charge in [-0.25, -0.2) is 4.39 Å². The third kappa shape index (κ3) is 2.31. The first-order chi connectivity index (χ1) is 9.49. The Balaban J connectivity index is 2.66. The number of benzene rings is 1. The molecular weight excluding hydrogens is 259 g/mol. The van der Waals surface area contributed by atoms with Gasteiger partial charge in [-0.15, -0.1) is 0 Å². The molecular formula is C15H17FN2O2. The van der Waals surface area contributed by atoms with Gasteiger partial charge in [-0.2, -0.15) is 0 Å². The molecule has 0 spiro atoms. The summed E-state index contributed by atoms with van der Waals surface area (Å²) in [4.78, 5) is 25.7. The van der Waals surface area contributed by atoms with Gasteiger partial charge in [-0.3, -0.25) is 14.2 Å². The molecule has 0 saturated carbocycles. The minimum absolute atomic E-state index is 0.189. The largest absolute Gasteiger partial charge is 0.339 e. The van der Waals surface area contributed by atoms with Crippen LogP contribution in [0.2, 0.25) is 0 Å². The molecule has 0 radical (unpaired) electrons. The molecule has 0 atom stereocenters. The molecule has 1 amide bonds. The van der Waals surface area contributed by atoms with Crippen LogP contribution >= 0.6 is 0 Å². The second-order valence-corrected chi connectivity index (χ2v) is 4.57. The predicted octanol–water partition coefficient (Wildman–Crippen LogP) is 2.92. The zero-order valence-corrected chi connectivity index (χ0v) is 11.8. The molecule has 2 aromatic rings. The molecule has 0 saturated heterocycles. The van der Waals surface area contributed by atoms with Gasteiger partial charge in [0.25, 0.3) is 5.91 Å². The minimum atomic E-state index is -0.424. The number of carbonyl (C=O) groups is 2. The summed E-state index contributed by atoms with van der Waals surface area (Å²) < 4.78 is 14.8. The maximum absolute atomic E-state index is 13.4. The van der Waals surface area contributed by atoms with Crippen molar-refractivity contribution in [1.82, 2.24) is 9.47 Å². The molecule has 0 aliphatic carbocycles. The fourth-order valence-corrected chi connectivity index (χ4v) is 2.31. The van der Waals surface area contributed by atoms with Gasteiger partial charge in [0, 0.05) is 31.6 Å². The van der Waals surface area contributed by atoms with Crippen LogP contribution in [-0.2, 0) is 0 Å². The van der Waals surface area contributed by atoms with Crippen LogP contribution in [0.5, 0.6) is 0 Å². The van der Waals surface area contributed by atoms with E-state index in [0.717, 1.165) is 0 Å². The van der Waals surface area contributed by atoms with E-state index in [-0.39, 0.29) is 11.8 Å². The van der Waals surface area contributed by atoms with E-state index >= 15 is 0 Å². The lowest BCUT2D eigenvalue weighted by Gasteiger charge is -2.17. The van der Waals surface area contributed by atoms with Crippen molar-refractivity contribution in [2.45, 2.75) is 20.8 Å². The van der Waals surface area contributed by atoms with Crippen LogP contribution in [-0.4, -0.2) is 34.4 Å². The number of aromatic nitrogens is 1. The van der Waals surface area contributed by atoms with E-state index in [2.05, 4.69) is 0 Å². The van der Waals surface area contributed by atoms with Gasteiger partial charge in [-0.05, 0) is 32.0 Å². The number of nitrogens with zero attached hydrogens (tertiary/aromatic N) is 2. The molecule has 0 unspecified atom stereocenters. The number of fused-ring (bicyclic) bond motifs is 1. The average Bonchev–Trinajstić information content (AvgIpc) is 2.78. The van der Waals surface area contributed by atoms with Crippen LogP contribution in [0.4, 0.5) is 4.39 Å². The van der Waals surface area contributed by atoms with Gasteiger partial charge in [0.2, 0.25) is 5.91 Å². The van der Waals surface area contributed by atoms with E-state index in [1.165, 1.54) is 35.9 Å². The van der Waals surface area contributed by atoms with Crippen molar-refractivity contribution in [1.29, 1.82) is 0 Å². The summed E-state index contributed by atoms with van der Waals surface area (Å²) in [5, 5.41) is 0.470. The number of halogens is 1. The summed E-state index contributed by atoms with van der Waals surface area (Å²) in [5.41, 5.74) is 0.910. The van der Waals surface area contributed by atoms with E-state index in [4.69, 9.17) is 0 Å². The molecule has 5 heteroatoms. The van der Waals surface area contributed by atoms with E-state index in [0.29, 0.717) is 29.6 Å². The number of hydrogen-bond acceptors (Lipinski definition) is 2. The van der Waals surface area contributed by atoms with E-state index < -0.39 is 5.82 Å². The van der Waals surface area contributed by atoms with Crippen molar-refractivity contribution in [3.8, 4) is 0 Å². The molecule has 106 valence electrons. The molecule has 1 aromatic carbocycles. The van der Waals surface area contributed by atoms with Crippen molar-refractivity contribution < 1.29 is 14.0 Å². The van der Waals surface area contributed by atoms with E-state index in [9.17, 15) is 14.0 Å². The molecule has 0 aliphatic rings. The SMILES string of the molecule is CCN(CC)C(=O)c1cn(C(C)=O)c2ccc(F)cc12. The van der Waals surface area contributed by atoms with Crippen LogP contribution in [0, 0.1) is 5.82 Å². The van der Waals surface area contributed by atoms with Crippen LogP contribution in [0.3, 0.4) is 0 Å². The van der Waals surface area contributed by atoms with Gasteiger partial charge >= 0.3 is 0 Å². The van der Waals surface area contributed by atoms with Gasteiger partial charge in [0.05, 0.1) is 11.1 Å². The number of carbonyl (C=O) groups excluding carboxylic acids is 2. The average molecular weight is 276 g/mol. The number of hydrogen-bond donors (Lipinski definition) is 0. The topological polar surface area (TPSA) is 42.3 Å². The van der Waals surface area contributed by atoms with Crippen molar-refractivity contribution in [2.24, 2.45) is 0 Å². The Hall–Kier alpha value is -2.17. The Morgan fingerprint density at radius 1 is 1.25 bits per heavy atom. The fraction of sp³-hybridized carbons (Fsp3) is 0.333. The Bertz CT molecular complexity index is 672. The van der Waals surface area contributed by atoms with Gasteiger partial charge < -0.3 is 4.90 Å². The van der Waals surface area contributed by atoms with Crippen LogP contribution in [0.15, 0.2) is 24.4 Å². The van der Waals surface area contributed by atoms with Crippen molar-refractivity contribution in [2.75, 3.05) is 13.1 Å². The second-order valence-electron chi connectivity index (χ2n) is 4.57. The standard InChI is InChI=1S/C15H17FN2O2/c1-4-17(5-2)15(20)13-9-18(10(3)19)14-7-6-11(16)8-12(13)14/h6-9H,4-5H2,1-3H3. The van der Waals surface area contributed by atoms with Gasteiger partial charge in [0.15, 0.2) is 0 Å². The first-order valence-electron chi connectivity index (χ1n) is 6.60. The Morgan fingerprint density at radius 3 is 2.45 bits per heavy atom. The normalized spacial score (nSPS) is 10.8. The molecule has 4 nitrogen and oxygen atoms in total. The Morgan fingerprint density at radius 2 is 1.90 bits per heavy atom. The monoisotopic (exact) mass is 276 g/mol. The minimum Gasteiger partial charge on any atom is -0.339 e. The number of amides is 1. The van der Waals surface area contributed by atoms with Gasteiger partial charge in [-0.1, -0.05) is 0 Å². The Kier molecular flexibility index (Phi) is 3.88. The first-order valence-corrected chi connectivity index (χ1v) is 6.60. The third-order valence-corrected chi connectivity index (χ3v) is 3.39. The van der Waals surface area contributed by atoms with Crippen LogP contribution in [0.25, 0.3) is 10.9 Å². The highest BCUT2D eigenvalue weighted by atomic mass is 19.1. The van der Waals surface area contributed by atoms with Crippen molar-refractivity contribution in [3.05, 3.63) is 35.8 Å². The van der Waals surface area contributed by atoms with Crippen LogP contribution < -0.4 is 0 Å². The van der Waals surface area contributed by atoms with Crippen LogP contribution in [0.1, 0.15) is 35.9 Å². The highest BCUT2D eigenvalue weighted by Crippen LogP contribution is 2.24. The summed E-state index contributed by atoms with van der Waals surface area (Å²) in [5.74, 6) is -0.821. The third-order valence-electron chi connectivity index (χ3n) is 3.39. The van der Waals surface area contributed by atoms with Crippen molar-refractivity contribution in [3.63, 3.8) is 0 Å². The second kappa shape index (κ2) is 5.45. The van der Waals surface area contributed by atoms with Crippen molar-refractivity contribution >= 4 is 22.7 Å². The summed E-state index contributed by atoms with van der Waals surface area (Å²) >= 11 is 0. The molecule has 1 aromatic heterocycles. The smallest absolute Gasteiger partial charge is 0.256 e.